The highest BCUT2D eigenvalue weighted by Crippen LogP contribution is 2.24. The fourth-order valence-electron chi connectivity index (χ4n) is 2.08. The van der Waals surface area contributed by atoms with Crippen molar-refractivity contribution in [3.63, 3.8) is 0 Å². The quantitative estimate of drug-likeness (QED) is 0.758. The zero-order valence-corrected chi connectivity index (χ0v) is 14.2. The zero-order chi connectivity index (χ0) is 16.8. The van der Waals surface area contributed by atoms with Gasteiger partial charge in [0.25, 0.3) is 0 Å². The van der Waals surface area contributed by atoms with Crippen LogP contribution in [0.4, 0.5) is 0 Å². The van der Waals surface area contributed by atoms with Gasteiger partial charge in [-0.3, -0.25) is 10.1 Å². The second-order valence-electron chi connectivity index (χ2n) is 5.17. The first-order valence-corrected chi connectivity index (χ1v) is 8.09. The average Bonchev–Trinajstić information content (AvgIpc) is 2.98. The van der Waals surface area contributed by atoms with Crippen LogP contribution >= 0.6 is 23.2 Å². The number of nitrogens with zero attached hydrogens (tertiary/aromatic N) is 3. The molecule has 2 N–H and O–H groups in total. The Morgan fingerprint density at radius 2 is 2.17 bits per heavy atom. The molecule has 0 amide bonds. The first-order chi connectivity index (χ1) is 11.0. The van der Waals surface area contributed by atoms with Gasteiger partial charge in [-0.05, 0) is 24.6 Å². The van der Waals surface area contributed by atoms with Crippen molar-refractivity contribution < 1.29 is 9.90 Å². The number of aliphatic carboxylic acids is 1. The maximum absolute atomic E-state index is 11.2. The normalized spacial score (nSPS) is 12.3. The summed E-state index contributed by atoms with van der Waals surface area (Å²) in [5.74, 6) is -0.852. The van der Waals surface area contributed by atoms with Crippen molar-refractivity contribution in [2.45, 2.75) is 38.8 Å². The van der Waals surface area contributed by atoms with E-state index in [1.807, 2.05) is 6.92 Å². The van der Waals surface area contributed by atoms with Gasteiger partial charge in [-0.15, -0.1) is 5.10 Å². The number of hydrogen-bond acceptors (Lipinski definition) is 4. The van der Waals surface area contributed by atoms with Crippen LogP contribution in [0.3, 0.4) is 0 Å². The zero-order valence-electron chi connectivity index (χ0n) is 12.7. The van der Waals surface area contributed by atoms with Crippen molar-refractivity contribution in [3.8, 4) is 5.69 Å². The number of halogens is 2. The van der Waals surface area contributed by atoms with E-state index < -0.39 is 12.0 Å². The van der Waals surface area contributed by atoms with Gasteiger partial charge in [-0.2, -0.15) is 0 Å². The monoisotopic (exact) mass is 356 g/mol. The lowest BCUT2D eigenvalue weighted by Gasteiger charge is -2.12. The van der Waals surface area contributed by atoms with Crippen molar-refractivity contribution >= 4 is 29.2 Å². The summed E-state index contributed by atoms with van der Waals surface area (Å²) in [6, 6.07) is 4.58. The number of hydrogen-bond donors (Lipinski definition) is 2. The minimum absolute atomic E-state index is 0.335. The SMILES string of the molecule is CCCCC(NCc1cn(-c2ccc(Cl)c(Cl)c2)nn1)C(=O)O. The first-order valence-electron chi connectivity index (χ1n) is 7.34. The first kappa shape index (κ1) is 17.7. The summed E-state index contributed by atoms with van der Waals surface area (Å²) in [6.07, 6.45) is 4.14. The molecule has 1 atom stereocenters. The fourth-order valence-corrected chi connectivity index (χ4v) is 2.37. The van der Waals surface area contributed by atoms with E-state index in [4.69, 9.17) is 23.2 Å². The minimum atomic E-state index is -0.852. The molecule has 1 aromatic carbocycles. The molecule has 2 rings (SSSR count). The molecular formula is C15H18Cl2N4O2. The summed E-state index contributed by atoms with van der Waals surface area (Å²) in [7, 11) is 0. The lowest BCUT2D eigenvalue weighted by Crippen LogP contribution is -2.36. The number of benzene rings is 1. The van der Waals surface area contributed by atoms with Crippen molar-refractivity contribution in [1.82, 2.24) is 20.3 Å². The number of carboxylic acid groups (broad SMARTS) is 1. The number of carbonyl (C=O) groups is 1. The molecule has 0 spiro atoms. The van der Waals surface area contributed by atoms with Gasteiger partial charge in [0.15, 0.2) is 0 Å². The van der Waals surface area contributed by atoms with E-state index in [9.17, 15) is 9.90 Å². The van der Waals surface area contributed by atoms with E-state index in [0.29, 0.717) is 28.7 Å². The van der Waals surface area contributed by atoms with E-state index in [2.05, 4.69) is 15.6 Å². The summed E-state index contributed by atoms with van der Waals surface area (Å²) in [4.78, 5) is 11.2. The molecule has 0 aliphatic carbocycles. The lowest BCUT2D eigenvalue weighted by atomic mass is 10.1. The molecule has 0 bridgehead atoms. The van der Waals surface area contributed by atoms with E-state index in [1.54, 1.807) is 29.1 Å². The Kier molecular flexibility index (Phi) is 6.38. The van der Waals surface area contributed by atoms with E-state index in [-0.39, 0.29) is 0 Å². The highest BCUT2D eigenvalue weighted by molar-refractivity contribution is 6.42. The topological polar surface area (TPSA) is 80.0 Å². The Labute approximate surface area is 144 Å². The lowest BCUT2D eigenvalue weighted by molar-refractivity contribution is -0.139. The Balaban J connectivity index is 2.01. The van der Waals surface area contributed by atoms with Crippen molar-refractivity contribution in [1.29, 1.82) is 0 Å². The molecule has 6 nitrogen and oxygen atoms in total. The molecule has 1 heterocycles. The molecule has 1 aromatic heterocycles. The van der Waals surface area contributed by atoms with Gasteiger partial charge in [-0.25, -0.2) is 4.68 Å². The van der Waals surface area contributed by atoms with Crippen LogP contribution in [-0.4, -0.2) is 32.1 Å². The average molecular weight is 357 g/mol. The van der Waals surface area contributed by atoms with Gasteiger partial charge < -0.3 is 5.11 Å². The van der Waals surface area contributed by atoms with Gasteiger partial charge in [0, 0.05) is 6.54 Å². The van der Waals surface area contributed by atoms with Gasteiger partial charge in [0.1, 0.15) is 6.04 Å². The smallest absolute Gasteiger partial charge is 0.320 e. The summed E-state index contributed by atoms with van der Waals surface area (Å²) >= 11 is 11.9. The van der Waals surface area contributed by atoms with Crippen molar-refractivity contribution in [3.05, 3.63) is 40.1 Å². The molecule has 2 aromatic rings. The Hall–Kier alpha value is -1.63. The van der Waals surface area contributed by atoms with Crippen LogP contribution in [0.25, 0.3) is 5.69 Å². The molecular weight excluding hydrogens is 339 g/mol. The number of nitrogens with one attached hydrogen (secondary N) is 1. The Morgan fingerprint density at radius 3 is 2.83 bits per heavy atom. The van der Waals surface area contributed by atoms with Crippen molar-refractivity contribution in [2.75, 3.05) is 0 Å². The molecule has 23 heavy (non-hydrogen) atoms. The molecule has 0 saturated heterocycles. The van der Waals surface area contributed by atoms with Gasteiger partial charge in [0.05, 0.1) is 27.6 Å². The van der Waals surface area contributed by atoms with Crippen LogP contribution < -0.4 is 5.32 Å². The molecule has 0 saturated carbocycles. The standard InChI is InChI=1S/C15H18Cl2N4O2/c1-2-3-4-14(15(22)23)18-8-10-9-21(20-19-10)11-5-6-12(16)13(17)7-11/h5-7,9,14,18H,2-4,8H2,1H3,(H,22,23). The number of unbranched alkanes of at least 4 members (excludes halogenated alkanes) is 1. The second-order valence-corrected chi connectivity index (χ2v) is 5.98. The van der Waals surface area contributed by atoms with E-state index in [1.165, 1.54) is 0 Å². The van der Waals surface area contributed by atoms with E-state index >= 15 is 0 Å². The van der Waals surface area contributed by atoms with Crippen LogP contribution in [0.15, 0.2) is 24.4 Å². The number of aromatic nitrogens is 3. The fraction of sp³-hybridized carbons (Fsp3) is 0.400. The van der Waals surface area contributed by atoms with Crippen LogP contribution in [0.1, 0.15) is 31.9 Å². The van der Waals surface area contributed by atoms with E-state index in [0.717, 1.165) is 18.5 Å². The van der Waals surface area contributed by atoms with Gasteiger partial charge in [-0.1, -0.05) is 48.2 Å². The third kappa shape index (κ3) is 4.92. The maximum Gasteiger partial charge on any atom is 0.320 e. The third-order valence-corrected chi connectivity index (χ3v) is 4.12. The number of carboxylic acids is 1. The molecule has 0 fully saturated rings. The molecule has 124 valence electrons. The van der Waals surface area contributed by atoms with Gasteiger partial charge in [0.2, 0.25) is 0 Å². The minimum Gasteiger partial charge on any atom is -0.480 e. The summed E-state index contributed by atoms with van der Waals surface area (Å²) in [5, 5.41) is 21.1. The van der Waals surface area contributed by atoms with Crippen LogP contribution in [0, 0.1) is 0 Å². The maximum atomic E-state index is 11.2. The largest absolute Gasteiger partial charge is 0.480 e. The van der Waals surface area contributed by atoms with Crippen LogP contribution in [0.5, 0.6) is 0 Å². The summed E-state index contributed by atoms with van der Waals surface area (Å²) in [6.45, 7) is 2.36. The highest BCUT2D eigenvalue weighted by atomic mass is 35.5. The summed E-state index contributed by atoms with van der Waals surface area (Å²) < 4.78 is 1.57. The predicted molar refractivity (Wildman–Crippen MR) is 89.2 cm³/mol. The number of rotatable bonds is 8. The second kappa shape index (κ2) is 8.29. The molecule has 1 unspecified atom stereocenters. The summed E-state index contributed by atoms with van der Waals surface area (Å²) in [5.41, 5.74) is 1.39. The highest BCUT2D eigenvalue weighted by Gasteiger charge is 2.16. The molecule has 8 heteroatoms. The van der Waals surface area contributed by atoms with Crippen molar-refractivity contribution in [2.24, 2.45) is 0 Å². The predicted octanol–water partition coefficient (Wildman–Crippen LogP) is 3.31. The Morgan fingerprint density at radius 1 is 1.39 bits per heavy atom. The van der Waals surface area contributed by atoms with Crippen LogP contribution in [-0.2, 0) is 11.3 Å². The van der Waals surface area contributed by atoms with Gasteiger partial charge >= 0.3 is 5.97 Å². The molecule has 0 aliphatic rings. The molecule has 0 aliphatic heterocycles. The third-order valence-electron chi connectivity index (χ3n) is 3.38. The Bertz CT molecular complexity index is 675. The molecule has 0 radical (unpaired) electrons. The van der Waals surface area contributed by atoms with Crippen LogP contribution in [0.2, 0.25) is 10.0 Å².